The number of carbonyl (C=O) groups is 1. The fourth-order valence-electron chi connectivity index (χ4n) is 1.90. The van der Waals surface area contributed by atoms with Gasteiger partial charge in [-0.3, -0.25) is 4.79 Å². The van der Waals surface area contributed by atoms with Crippen molar-refractivity contribution in [2.45, 2.75) is 51.0 Å². The zero-order valence-electron chi connectivity index (χ0n) is 11.0. The minimum absolute atomic E-state index is 0.465. The van der Waals surface area contributed by atoms with Gasteiger partial charge in [-0.1, -0.05) is 12.7 Å². The van der Waals surface area contributed by atoms with Gasteiger partial charge in [0, 0.05) is 6.92 Å². The number of hydrogen-bond acceptors (Lipinski definition) is 5. The quantitative estimate of drug-likeness (QED) is 0.591. The molecule has 0 amide bonds. The Balaban J connectivity index is 2.80. The highest BCUT2D eigenvalue weighted by Crippen LogP contribution is 2.31. The molecule has 1 N–H and O–H groups in total. The summed E-state index contributed by atoms with van der Waals surface area (Å²) in [6.07, 6.45) is -0.103. The van der Waals surface area contributed by atoms with E-state index in [4.69, 9.17) is 14.2 Å². The molecule has 1 saturated heterocycles. The maximum atomic E-state index is 10.9. The van der Waals surface area contributed by atoms with Crippen molar-refractivity contribution in [2.24, 2.45) is 0 Å². The fraction of sp³-hybridized carbons (Fsp3) is 0.615. The van der Waals surface area contributed by atoms with E-state index in [1.807, 2.05) is 0 Å². The SMILES string of the molecule is C=C[C@H](OC(C)=O)[C@@H](O)[C@@H]1OC(C)(C)O[C@@H]1C=C. The molecule has 1 heterocycles. The van der Waals surface area contributed by atoms with Crippen molar-refractivity contribution in [3.63, 3.8) is 0 Å². The van der Waals surface area contributed by atoms with Gasteiger partial charge in [0.2, 0.25) is 0 Å². The van der Waals surface area contributed by atoms with Crippen LogP contribution in [0.1, 0.15) is 20.8 Å². The highest BCUT2D eigenvalue weighted by molar-refractivity contribution is 5.66. The first kappa shape index (κ1) is 14.9. The van der Waals surface area contributed by atoms with Gasteiger partial charge in [-0.25, -0.2) is 0 Å². The van der Waals surface area contributed by atoms with Crippen LogP contribution in [0.5, 0.6) is 0 Å². The maximum absolute atomic E-state index is 10.9. The van der Waals surface area contributed by atoms with E-state index in [2.05, 4.69) is 13.2 Å². The van der Waals surface area contributed by atoms with Gasteiger partial charge in [-0.15, -0.1) is 6.58 Å². The molecular formula is C13H20O5. The van der Waals surface area contributed by atoms with E-state index >= 15 is 0 Å². The molecule has 0 radical (unpaired) electrons. The van der Waals surface area contributed by atoms with Crippen molar-refractivity contribution in [3.05, 3.63) is 25.3 Å². The molecule has 0 aromatic rings. The zero-order chi connectivity index (χ0) is 13.9. The molecule has 5 heteroatoms. The van der Waals surface area contributed by atoms with Crippen molar-refractivity contribution < 1.29 is 24.1 Å². The number of rotatable bonds is 5. The van der Waals surface area contributed by atoms with Crippen LogP contribution in [0.4, 0.5) is 0 Å². The predicted octanol–water partition coefficient (Wildman–Crippen LogP) is 1.17. The lowest BCUT2D eigenvalue weighted by atomic mass is 10.0. The lowest BCUT2D eigenvalue weighted by Crippen LogP contribution is -2.43. The normalized spacial score (nSPS) is 29.3. The van der Waals surface area contributed by atoms with Crippen LogP contribution in [0, 0.1) is 0 Å². The number of ether oxygens (including phenoxy) is 3. The highest BCUT2D eigenvalue weighted by atomic mass is 16.8. The number of hydrogen-bond donors (Lipinski definition) is 1. The number of carbonyl (C=O) groups excluding carboxylic acids is 1. The molecule has 1 aliphatic heterocycles. The Kier molecular flexibility index (Phi) is 4.67. The molecular weight excluding hydrogens is 236 g/mol. The largest absolute Gasteiger partial charge is 0.455 e. The third-order valence-electron chi connectivity index (χ3n) is 2.60. The highest BCUT2D eigenvalue weighted by Gasteiger charge is 2.45. The lowest BCUT2D eigenvalue weighted by molar-refractivity contribution is -0.168. The molecule has 0 unspecified atom stereocenters. The molecule has 4 atom stereocenters. The van der Waals surface area contributed by atoms with Gasteiger partial charge >= 0.3 is 5.97 Å². The molecule has 0 bridgehead atoms. The Bertz CT molecular complexity index is 336. The van der Waals surface area contributed by atoms with Crippen LogP contribution in [0.25, 0.3) is 0 Å². The van der Waals surface area contributed by atoms with Crippen LogP contribution in [0.3, 0.4) is 0 Å². The monoisotopic (exact) mass is 256 g/mol. The van der Waals surface area contributed by atoms with E-state index in [1.54, 1.807) is 19.9 Å². The lowest BCUT2D eigenvalue weighted by Gasteiger charge is -2.26. The fourth-order valence-corrected chi connectivity index (χ4v) is 1.90. The summed E-state index contributed by atoms with van der Waals surface area (Å²) < 4.78 is 16.1. The van der Waals surface area contributed by atoms with Crippen molar-refractivity contribution in [3.8, 4) is 0 Å². The number of aliphatic hydroxyl groups is 1. The van der Waals surface area contributed by atoms with Gasteiger partial charge in [-0.2, -0.15) is 0 Å². The van der Waals surface area contributed by atoms with E-state index in [0.29, 0.717) is 0 Å². The van der Waals surface area contributed by atoms with Crippen LogP contribution in [-0.4, -0.2) is 41.3 Å². The number of aliphatic hydroxyl groups excluding tert-OH is 1. The summed E-state index contributed by atoms with van der Waals surface area (Å²) in [5, 5.41) is 10.2. The molecule has 0 spiro atoms. The number of esters is 1. The third kappa shape index (κ3) is 3.41. The van der Waals surface area contributed by atoms with Gasteiger partial charge < -0.3 is 19.3 Å². The van der Waals surface area contributed by atoms with Crippen LogP contribution in [-0.2, 0) is 19.0 Å². The van der Waals surface area contributed by atoms with E-state index in [-0.39, 0.29) is 0 Å². The molecule has 1 rings (SSSR count). The average Bonchev–Trinajstić information content (AvgIpc) is 2.60. The zero-order valence-corrected chi connectivity index (χ0v) is 11.0. The molecule has 0 aromatic heterocycles. The molecule has 5 nitrogen and oxygen atoms in total. The second-order valence-corrected chi connectivity index (χ2v) is 4.60. The summed E-state index contributed by atoms with van der Waals surface area (Å²) in [6.45, 7) is 11.9. The van der Waals surface area contributed by atoms with E-state index in [1.165, 1.54) is 13.0 Å². The first-order valence-corrected chi connectivity index (χ1v) is 5.76. The van der Waals surface area contributed by atoms with Crippen LogP contribution < -0.4 is 0 Å². The Hall–Kier alpha value is -1.17. The Morgan fingerprint density at radius 3 is 2.50 bits per heavy atom. The first-order chi connectivity index (χ1) is 8.30. The van der Waals surface area contributed by atoms with Crippen molar-refractivity contribution in [2.75, 3.05) is 0 Å². The average molecular weight is 256 g/mol. The molecule has 1 aliphatic rings. The summed E-state index contributed by atoms with van der Waals surface area (Å²) >= 11 is 0. The summed E-state index contributed by atoms with van der Waals surface area (Å²) in [6, 6.07) is 0. The summed E-state index contributed by atoms with van der Waals surface area (Å²) in [4.78, 5) is 10.9. The van der Waals surface area contributed by atoms with Gasteiger partial charge in [0.15, 0.2) is 5.79 Å². The minimum atomic E-state index is -1.06. The van der Waals surface area contributed by atoms with Crippen molar-refractivity contribution >= 4 is 5.97 Å². The van der Waals surface area contributed by atoms with E-state index in [9.17, 15) is 9.90 Å². The van der Waals surface area contributed by atoms with Gasteiger partial charge in [0.1, 0.15) is 24.4 Å². The molecule has 18 heavy (non-hydrogen) atoms. The minimum Gasteiger partial charge on any atom is -0.455 e. The predicted molar refractivity (Wildman–Crippen MR) is 65.8 cm³/mol. The van der Waals surface area contributed by atoms with Crippen molar-refractivity contribution in [1.82, 2.24) is 0 Å². The van der Waals surface area contributed by atoms with Gasteiger partial charge in [0.05, 0.1) is 0 Å². The Morgan fingerprint density at radius 2 is 2.06 bits per heavy atom. The van der Waals surface area contributed by atoms with Gasteiger partial charge in [0.25, 0.3) is 0 Å². The topological polar surface area (TPSA) is 65.0 Å². The Morgan fingerprint density at radius 1 is 1.44 bits per heavy atom. The van der Waals surface area contributed by atoms with Crippen LogP contribution >= 0.6 is 0 Å². The smallest absolute Gasteiger partial charge is 0.303 e. The standard InChI is InChI=1S/C13H20O5/c1-6-9(16-8(3)14)11(15)12-10(7-2)17-13(4,5)18-12/h6-7,9-12,15H,1-2H2,3-5H3/t9-,10+,11+,12+/m0/s1. The van der Waals surface area contributed by atoms with Crippen LogP contribution in [0.15, 0.2) is 25.3 Å². The molecule has 1 fully saturated rings. The van der Waals surface area contributed by atoms with Crippen LogP contribution in [0.2, 0.25) is 0 Å². The Labute approximate surface area is 107 Å². The third-order valence-corrected chi connectivity index (χ3v) is 2.60. The molecule has 0 saturated carbocycles. The molecule has 0 aliphatic carbocycles. The van der Waals surface area contributed by atoms with E-state index < -0.39 is 36.2 Å². The summed E-state index contributed by atoms with van der Waals surface area (Å²) in [5.74, 6) is -1.31. The van der Waals surface area contributed by atoms with E-state index in [0.717, 1.165) is 0 Å². The summed E-state index contributed by atoms with van der Waals surface area (Å²) in [5.41, 5.74) is 0. The van der Waals surface area contributed by atoms with Crippen molar-refractivity contribution in [1.29, 1.82) is 0 Å². The maximum Gasteiger partial charge on any atom is 0.303 e. The second-order valence-electron chi connectivity index (χ2n) is 4.60. The summed E-state index contributed by atoms with van der Waals surface area (Å²) in [7, 11) is 0. The van der Waals surface area contributed by atoms with Gasteiger partial charge in [-0.05, 0) is 19.9 Å². The first-order valence-electron chi connectivity index (χ1n) is 5.76. The second kappa shape index (κ2) is 5.65. The molecule has 0 aromatic carbocycles. The molecule has 102 valence electrons.